The Morgan fingerprint density at radius 2 is 1.94 bits per heavy atom. The van der Waals surface area contributed by atoms with Crippen molar-refractivity contribution < 1.29 is 14.3 Å². The van der Waals surface area contributed by atoms with Crippen LogP contribution in [0.5, 0.6) is 5.75 Å². The van der Waals surface area contributed by atoms with Crippen molar-refractivity contribution in [2.45, 2.75) is 32.6 Å². The highest BCUT2D eigenvalue weighted by atomic mass is 16.5. The molecule has 9 heteroatoms. The van der Waals surface area contributed by atoms with Crippen LogP contribution in [0, 0.1) is 0 Å². The Balaban J connectivity index is 1.61. The molecule has 1 aromatic carbocycles. The Bertz CT molecular complexity index is 1150. The maximum absolute atomic E-state index is 13.0. The van der Waals surface area contributed by atoms with Gasteiger partial charge in [0.15, 0.2) is 5.78 Å². The summed E-state index contributed by atoms with van der Waals surface area (Å²) in [5, 5.41) is 9.31. The number of rotatable bonds is 15. The quantitative estimate of drug-likeness (QED) is 0.211. The number of ketones is 1. The standard InChI is InChI=1S/C27H32N6O3/c1-3-13-29-25-24(19-31-27(33-25)30-16-12-20-10-14-28-15-11-20)26(35)32-21-7-5-9-23(18-21)36-17-6-8-22(34)4-2/h4-5,7,9-11,14-15,18-19H,2-3,6,8,12-13,16-17H2,1H3,(H,32,35)(H2,29,30,31,33). The van der Waals surface area contributed by atoms with Crippen LogP contribution in [0.3, 0.4) is 0 Å². The van der Waals surface area contributed by atoms with E-state index in [0.29, 0.717) is 61.3 Å². The number of aromatic nitrogens is 3. The molecule has 0 aliphatic heterocycles. The zero-order chi connectivity index (χ0) is 25.6. The smallest absolute Gasteiger partial charge is 0.260 e. The maximum Gasteiger partial charge on any atom is 0.260 e. The molecule has 3 rings (SSSR count). The summed E-state index contributed by atoms with van der Waals surface area (Å²) in [4.78, 5) is 37.2. The van der Waals surface area contributed by atoms with Gasteiger partial charge in [-0.05, 0) is 55.2 Å². The molecule has 0 fully saturated rings. The first-order valence-corrected chi connectivity index (χ1v) is 12.0. The van der Waals surface area contributed by atoms with Crippen LogP contribution in [0.1, 0.15) is 42.1 Å². The molecule has 1 amide bonds. The van der Waals surface area contributed by atoms with Gasteiger partial charge in [-0.2, -0.15) is 4.98 Å². The summed E-state index contributed by atoms with van der Waals surface area (Å²) in [5.41, 5.74) is 2.09. The van der Waals surface area contributed by atoms with Crippen molar-refractivity contribution in [2.24, 2.45) is 0 Å². The number of hydrogen-bond donors (Lipinski definition) is 3. The fourth-order valence-electron chi connectivity index (χ4n) is 3.28. The molecule has 2 aromatic heterocycles. The maximum atomic E-state index is 13.0. The molecule has 0 unspecified atom stereocenters. The van der Waals surface area contributed by atoms with E-state index in [-0.39, 0.29) is 11.7 Å². The summed E-state index contributed by atoms with van der Waals surface area (Å²) < 4.78 is 5.70. The highest BCUT2D eigenvalue weighted by Gasteiger charge is 2.15. The largest absolute Gasteiger partial charge is 0.494 e. The van der Waals surface area contributed by atoms with Gasteiger partial charge in [0, 0.05) is 49.9 Å². The van der Waals surface area contributed by atoms with Crippen molar-refractivity contribution in [1.29, 1.82) is 0 Å². The lowest BCUT2D eigenvalue weighted by Gasteiger charge is -2.13. The van der Waals surface area contributed by atoms with Crippen molar-refractivity contribution in [3.8, 4) is 5.75 Å². The molecule has 2 heterocycles. The van der Waals surface area contributed by atoms with E-state index in [1.54, 1.807) is 36.7 Å². The summed E-state index contributed by atoms with van der Waals surface area (Å²) in [6.45, 7) is 7.22. The van der Waals surface area contributed by atoms with Gasteiger partial charge < -0.3 is 20.7 Å². The third-order valence-electron chi connectivity index (χ3n) is 5.18. The summed E-state index contributed by atoms with van der Waals surface area (Å²) in [5.74, 6) is 1.18. The number of nitrogens with one attached hydrogen (secondary N) is 3. The SMILES string of the molecule is C=CC(=O)CCCOc1cccc(NC(=O)c2cnc(NCCc3ccncc3)nc2NCCC)c1. The topological polar surface area (TPSA) is 118 Å². The second-order valence-corrected chi connectivity index (χ2v) is 8.02. The van der Waals surface area contributed by atoms with Gasteiger partial charge in [-0.3, -0.25) is 14.6 Å². The van der Waals surface area contributed by atoms with E-state index < -0.39 is 0 Å². The van der Waals surface area contributed by atoms with Crippen molar-refractivity contribution in [3.63, 3.8) is 0 Å². The Kier molecular flexibility index (Phi) is 10.4. The van der Waals surface area contributed by atoms with Crippen molar-refractivity contribution >= 4 is 29.1 Å². The molecule has 0 radical (unpaired) electrons. The molecule has 3 aromatic rings. The van der Waals surface area contributed by atoms with Crippen LogP contribution in [0.4, 0.5) is 17.5 Å². The summed E-state index contributed by atoms with van der Waals surface area (Å²) in [6, 6.07) is 11.0. The average molecular weight is 489 g/mol. The molecular weight excluding hydrogens is 456 g/mol. The minimum atomic E-state index is -0.328. The van der Waals surface area contributed by atoms with E-state index in [1.807, 2.05) is 19.1 Å². The van der Waals surface area contributed by atoms with Crippen LogP contribution in [0.25, 0.3) is 0 Å². The van der Waals surface area contributed by atoms with Gasteiger partial charge in [-0.1, -0.05) is 19.6 Å². The van der Waals surface area contributed by atoms with Crippen LogP contribution in [-0.2, 0) is 11.2 Å². The predicted octanol–water partition coefficient (Wildman–Crippen LogP) is 4.51. The highest BCUT2D eigenvalue weighted by Crippen LogP contribution is 2.21. The predicted molar refractivity (Wildman–Crippen MR) is 142 cm³/mol. The number of hydrogen-bond acceptors (Lipinski definition) is 8. The molecule has 3 N–H and O–H groups in total. The van der Waals surface area contributed by atoms with E-state index >= 15 is 0 Å². The zero-order valence-corrected chi connectivity index (χ0v) is 20.5. The van der Waals surface area contributed by atoms with Crippen molar-refractivity contribution in [1.82, 2.24) is 15.0 Å². The first-order valence-electron chi connectivity index (χ1n) is 12.0. The van der Waals surface area contributed by atoms with E-state index in [9.17, 15) is 9.59 Å². The number of carbonyl (C=O) groups excluding carboxylic acids is 2. The molecule has 0 spiro atoms. The Hall–Kier alpha value is -4.27. The fraction of sp³-hybridized carbons (Fsp3) is 0.296. The van der Waals surface area contributed by atoms with Crippen molar-refractivity contribution in [3.05, 3.63) is 78.8 Å². The average Bonchev–Trinajstić information content (AvgIpc) is 2.90. The summed E-state index contributed by atoms with van der Waals surface area (Å²) >= 11 is 0. The van der Waals surface area contributed by atoms with Gasteiger partial charge in [-0.15, -0.1) is 0 Å². The number of benzene rings is 1. The minimum absolute atomic E-state index is 0.00992. The normalized spacial score (nSPS) is 10.4. The Labute approximate surface area is 211 Å². The van der Waals surface area contributed by atoms with E-state index in [1.165, 1.54) is 12.3 Å². The fourth-order valence-corrected chi connectivity index (χ4v) is 3.28. The Morgan fingerprint density at radius 1 is 1.11 bits per heavy atom. The van der Waals surface area contributed by atoms with E-state index in [4.69, 9.17) is 4.74 Å². The van der Waals surface area contributed by atoms with Crippen molar-refractivity contribution in [2.75, 3.05) is 35.6 Å². The summed E-state index contributed by atoms with van der Waals surface area (Å²) in [6.07, 6.45) is 9.03. The minimum Gasteiger partial charge on any atom is -0.494 e. The lowest BCUT2D eigenvalue weighted by atomic mass is 10.2. The number of anilines is 3. The van der Waals surface area contributed by atoms with Crippen LogP contribution in [-0.4, -0.2) is 46.3 Å². The van der Waals surface area contributed by atoms with Crippen LogP contribution in [0.2, 0.25) is 0 Å². The number of carbonyl (C=O) groups is 2. The van der Waals surface area contributed by atoms with E-state index in [0.717, 1.165) is 18.4 Å². The van der Waals surface area contributed by atoms with Gasteiger partial charge in [0.05, 0.1) is 6.61 Å². The first kappa shape index (κ1) is 26.3. The lowest BCUT2D eigenvalue weighted by Crippen LogP contribution is -2.18. The molecule has 0 aliphatic rings. The molecule has 36 heavy (non-hydrogen) atoms. The molecule has 188 valence electrons. The molecule has 0 aliphatic carbocycles. The number of pyridine rings is 1. The third kappa shape index (κ3) is 8.50. The monoisotopic (exact) mass is 488 g/mol. The van der Waals surface area contributed by atoms with Gasteiger partial charge in [-0.25, -0.2) is 4.98 Å². The molecule has 0 bridgehead atoms. The molecular formula is C27H32N6O3. The number of ether oxygens (including phenoxy) is 1. The van der Waals surface area contributed by atoms with Gasteiger partial charge in [0.1, 0.15) is 17.1 Å². The second kappa shape index (κ2) is 14.2. The first-order chi connectivity index (χ1) is 17.6. The summed E-state index contributed by atoms with van der Waals surface area (Å²) in [7, 11) is 0. The van der Waals surface area contributed by atoms with Gasteiger partial charge in [0.2, 0.25) is 5.95 Å². The lowest BCUT2D eigenvalue weighted by molar-refractivity contribution is -0.114. The molecule has 9 nitrogen and oxygen atoms in total. The third-order valence-corrected chi connectivity index (χ3v) is 5.18. The number of amides is 1. The zero-order valence-electron chi connectivity index (χ0n) is 20.5. The van der Waals surface area contributed by atoms with Gasteiger partial charge in [0.25, 0.3) is 5.91 Å². The molecule has 0 saturated heterocycles. The molecule has 0 saturated carbocycles. The Morgan fingerprint density at radius 3 is 2.72 bits per heavy atom. The van der Waals surface area contributed by atoms with Gasteiger partial charge >= 0.3 is 0 Å². The van der Waals surface area contributed by atoms with E-state index in [2.05, 4.69) is 37.5 Å². The molecule has 0 atom stereocenters. The van der Waals surface area contributed by atoms with Crippen LogP contribution >= 0.6 is 0 Å². The van der Waals surface area contributed by atoms with Crippen LogP contribution in [0.15, 0.2) is 67.6 Å². The van der Waals surface area contributed by atoms with Crippen LogP contribution < -0.4 is 20.7 Å². The highest BCUT2D eigenvalue weighted by molar-refractivity contribution is 6.07. The second-order valence-electron chi connectivity index (χ2n) is 8.02. The number of allylic oxidation sites excluding steroid dienone is 1. The number of nitrogens with zero attached hydrogens (tertiary/aromatic N) is 3.